The summed E-state index contributed by atoms with van der Waals surface area (Å²) < 4.78 is 0. The molecule has 27 heavy (non-hydrogen) atoms. The van der Waals surface area contributed by atoms with Crippen LogP contribution < -0.4 is 16.2 Å². The molecule has 5 nitrogen and oxygen atoms in total. The van der Waals surface area contributed by atoms with Crippen LogP contribution in [-0.4, -0.2) is 29.1 Å². The number of anilines is 1. The number of hydrogen-bond donors (Lipinski definition) is 2. The van der Waals surface area contributed by atoms with Gasteiger partial charge in [0.25, 0.3) is 5.56 Å². The molecular weight excluding hydrogens is 403 g/mol. The Hall–Kier alpha value is -1.21. The first kappa shape index (κ1) is 19.1. The molecule has 144 valence electrons. The van der Waals surface area contributed by atoms with Gasteiger partial charge in [0.1, 0.15) is 0 Å². The van der Waals surface area contributed by atoms with Crippen LogP contribution >= 0.6 is 35.0 Å². The van der Waals surface area contributed by atoms with Crippen molar-refractivity contribution in [2.45, 2.75) is 48.1 Å². The number of piperidine rings is 1. The van der Waals surface area contributed by atoms with Gasteiger partial charge in [0.2, 0.25) is 0 Å². The van der Waals surface area contributed by atoms with E-state index in [1.54, 1.807) is 12.3 Å². The minimum atomic E-state index is -0.176. The quantitative estimate of drug-likeness (QED) is 0.766. The molecule has 1 saturated carbocycles. The van der Waals surface area contributed by atoms with E-state index < -0.39 is 0 Å². The summed E-state index contributed by atoms with van der Waals surface area (Å²) in [6.07, 6.45) is 7.30. The highest BCUT2D eigenvalue weighted by Gasteiger charge is 2.43. The van der Waals surface area contributed by atoms with E-state index in [9.17, 15) is 4.79 Å². The molecule has 2 fully saturated rings. The highest BCUT2D eigenvalue weighted by Crippen LogP contribution is 2.45. The Morgan fingerprint density at radius 2 is 2.04 bits per heavy atom. The number of nitrogens with zero attached hydrogens (tertiary/aromatic N) is 2. The number of nitrogens with two attached hydrogens (primary N) is 1. The number of benzene rings is 1. The number of hydrogen-bond acceptors (Lipinski definition) is 5. The van der Waals surface area contributed by atoms with E-state index >= 15 is 0 Å². The summed E-state index contributed by atoms with van der Waals surface area (Å²) in [5, 5.41) is 1.60. The number of H-pyrrole nitrogens is 1. The topological polar surface area (TPSA) is 75.0 Å². The number of aromatic nitrogens is 2. The molecule has 1 aliphatic heterocycles. The molecule has 8 heteroatoms. The van der Waals surface area contributed by atoms with Crippen LogP contribution in [0.3, 0.4) is 0 Å². The third kappa shape index (κ3) is 3.73. The fourth-order valence-electron chi connectivity index (χ4n) is 4.29. The number of aromatic amines is 1. The third-order valence-corrected chi connectivity index (χ3v) is 7.83. The zero-order valence-electron chi connectivity index (χ0n) is 14.9. The molecule has 1 aromatic heterocycles. The lowest BCUT2D eigenvalue weighted by Gasteiger charge is -2.42. The Labute approximate surface area is 172 Å². The van der Waals surface area contributed by atoms with Gasteiger partial charge < -0.3 is 15.6 Å². The summed E-state index contributed by atoms with van der Waals surface area (Å²) in [5.74, 6) is 0.484. The van der Waals surface area contributed by atoms with Gasteiger partial charge in [0, 0.05) is 24.0 Å². The first-order valence-corrected chi connectivity index (χ1v) is 10.8. The molecule has 0 amide bonds. The van der Waals surface area contributed by atoms with Crippen molar-refractivity contribution >= 4 is 40.8 Å². The monoisotopic (exact) mass is 424 g/mol. The molecule has 1 saturated heterocycles. The van der Waals surface area contributed by atoms with Crippen LogP contribution in [0.2, 0.25) is 10.0 Å². The molecule has 0 unspecified atom stereocenters. The zero-order valence-corrected chi connectivity index (χ0v) is 17.2. The fraction of sp³-hybridized carbons (Fsp3) is 0.474. The summed E-state index contributed by atoms with van der Waals surface area (Å²) in [6, 6.07) is 5.72. The highest BCUT2D eigenvalue weighted by molar-refractivity contribution is 7.99. The second-order valence-corrected chi connectivity index (χ2v) is 9.27. The molecule has 2 heterocycles. The van der Waals surface area contributed by atoms with E-state index in [2.05, 4.69) is 14.9 Å². The first-order chi connectivity index (χ1) is 13.0. The third-order valence-electron chi connectivity index (χ3n) is 5.92. The van der Waals surface area contributed by atoms with Crippen LogP contribution in [0.4, 0.5) is 5.82 Å². The predicted molar refractivity (Wildman–Crippen MR) is 111 cm³/mol. The summed E-state index contributed by atoms with van der Waals surface area (Å²) in [4.78, 5) is 22.8. The van der Waals surface area contributed by atoms with Crippen molar-refractivity contribution in [3.05, 3.63) is 44.8 Å². The molecule has 0 radical (unpaired) electrons. The highest BCUT2D eigenvalue weighted by atomic mass is 35.5. The second kappa shape index (κ2) is 7.66. The largest absolute Gasteiger partial charge is 0.352 e. The van der Waals surface area contributed by atoms with Crippen molar-refractivity contribution in [2.75, 3.05) is 18.0 Å². The summed E-state index contributed by atoms with van der Waals surface area (Å²) >= 11 is 13.6. The van der Waals surface area contributed by atoms with Gasteiger partial charge in [-0.15, -0.1) is 0 Å². The molecule has 1 aromatic carbocycles. The molecule has 1 spiro atoms. The van der Waals surface area contributed by atoms with Gasteiger partial charge in [-0.05, 0) is 43.2 Å². The number of rotatable bonds is 3. The smallest absolute Gasteiger partial charge is 0.291 e. The summed E-state index contributed by atoms with van der Waals surface area (Å²) in [5.41, 5.74) is 6.44. The van der Waals surface area contributed by atoms with E-state index in [-0.39, 0.29) is 11.0 Å². The minimum Gasteiger partial charge on any atom is -0.352 e. The number of halogens is 2. The molecule has 0 bridgehead atoms. The second-order valence-electron chi connectivity index (χ2n) is 7.40. The maximum absolute atomic E-state index is 12.6. The Kier molecular flexibility index (Phi) is 5.43. The van der Waals surface area contributed by atoms with Crippen molar-refractivity contribution in [3.63, 3.8) is 0 Å². The van der Waals surface area contributed by atoms with Gasteiger partial charge in [-0.1, -0.05) is 47.5 Å². The van der Waals surface area contributed by atoms with Crippen LogP contribution in [0, 0.1) is 5.41 Å². The van der Waals surface area contributed by atoms with Crippen LogP contribution in [0.1, 0.15) is 32.1 Å². The van der Waals surface area contributed by atoms with E-state index in [4.69, 9.17) is 28.9 Å². The minimum absolute atomic E-state index is 0.176. The van der Waals surface area contributed by atoms with E-state index in [0.29, 0.717) is 26.9 Å². The van der Waals surface area contributed by atoms with Crippen LogP contribution in [-0.2, 0) is 0 Å². The SMILES string of the molecule is N[C@@H]1CCCC12CCN(c1ncc(Sc3cccc(Cl)c3Cl)[nH]c1=O)CC2. The predicted octanol–water partition coefficient (Wildman–Crippen LogP) is 4.33. The summed E-state index contributed by atoms with van der Waals surface area (Å²) in [7, 11) is 0. The Bertz CT molecular complexity index is 896. The van der Waals surface area contributed by atoms with Crippen LogP contribution in [0.5, 0.6) is 0 Å². The average Bonchev–Trinajstić information content (AvgIpc) is 3.00. The van der Waals surface area contributed by atoms with Crippen LogP contribution in [0.25, 0.3) is 0 Å². The standard InChI is InChI=1S/C19H22Cl2N4OS/c20-12-3-1-4-13(16(12)21)27-15-11-23-17(18(26)24-15)25-9-7-19(8-10-25)6-2-5-14(19)22/h1,3-4,11,14H,2,5-10,22H2,(H,24,26)/t14-/m1/s1. The van der Waals surface area contributed by atoms with Gasteiger partial charge in [0.15, 0.2) is 5.82 Å². The molecular formula is C19H22Cl2N4OS. The van der Waals surface area contributed by atoms with Crippen molar-refractivity contribution in [1.29, 1.82) is 0 Å². The van der Waals surface area contributed by atoms with Gasteiger partial charge in [-0.2, -0.15) is 0 Å². The van der Waals surface area contributed by atoms with Gasteiger partial charge in [-0.25, -0.2) is 4.98 Å². The maximum atomic E-state index is 12.6. The van der Waals surface area contributed by atoms with Crippen molar-refractivity contribution in [1.82, 2.24) is 9.97 Å². The van der Waals surface area contributed by atoms with Crippen LogP contribution in [0.15, 0.2) is 39.1 Å². The van der Waals surface area contributed by atoms with Crippen molar-refractivity contribution in [2.24, 2.45) is 11.1 Å². The van der Waals surface area contributed by atoms with Gasteiger partial charge >= 0.3 is 0 Å². The summed E-state index contributed by atoms with van der Waals surface area (Å²) in [6.45, 7) is 1.66. The fourth-order valence-corrected chi connectivity index (χ4v) is 5.59. The Morgan fingerprint density at radius 3 is 2.70 bits per heavy atom. The zero-order chi connectivity index (χ0) is 19.0. The Balaban J connectivity index is 1.48. The van der Waals surface area contributed by atoms with E-state index in [1.165, 1.54) is 24.6 Å². The van der Waals surface area contributed by atoms with E-state index in [0.717, 1.165) is 37.2 Å². The number of nitrogens with one attached hydrogen (secondary N) is 1. The average molecular weight is 425 g/mol. The molecule has 3 N–H and O–H groups in total. The lowest BCUT2D eigenvalue weighted by molar-refractivity contribution is 0.197. The van der Waals surface area contributed by atoms with Gasteiger partial charge in [-0.3, -0.25) is 4.79 Å². The van der Waals surface area contributed by atoms with Crippen molar-refractivity contribution in [3.8, 4) is 0 Å². The molecule has 1 atom stereocenters. The normalized spacial score (nSPS) is 21.7. The van der Waals surface area contributed by atoms with E-state index in [1.807, 2.05) is 12.1 Å². The Morgan fingerprint density at radius 1 is 1.26 bits per heavy atom. The molecule has 4 rings (SSSR count). The molecule has 1 aliphatic carbocycles. The lowest BCUT2D eigenvalue weighted by Crippen LogP contribution is -2.48. The maximum Gasteiger partial charge on any atom is 0.291 e. The lowest BCUT2D eigenvalue weighted by atomic mass is 9.74. The van der Waals surface area contributed by atoms with Crippen molar-refractivity contribution < 1.29 is 0 Å². The molecule has 2 aliphatic rings. The molecule has 2 aromatic rings. The first-order valence-electron chi connectivity index (χ1n) is 9.20. The van der Waals surface area contributed by atoms with Gasteiger partial charge in [0.05, 0.1) is 21.3 Å².